The lowest BCUT2D eigenvalue weighted by atomic mass is 10.2. The zero-order valence-corrected chi connectivity index (χ0v) is 11.5. The highest BCUT2D eigenvalue weighted by Crippen LogP contribution is 2.30. The van der Waals surface area contributed by atoms with Gasteiger partial charge in [-0.15, -0.1) is 0 Å². The summed E-state index contributed by atoms with van der Waals surface area (Å²) in [5, 5.41) is 10.9. The van der Waals surface area contributed by atoms with Crippen molar-refractivity contribution in [1.82, 2.24) is 9.38 Å². The smallest absolute Gasteiger partial charge is 0.286 e. The van der Waals surface area contributed by atoms with E-state index in [-0.39, 0.29) is 22.8 Å². The van der Waals surface area contributed by atoms with Crippen molar-refractivity contribution < 1.29 is 14.5 Å². The topological polar surface area (TPSA) is 97.8 Å². The summed E-state index contributed by atoms with van der Waals surface area (Å²) < 4.78 is 1.53. The number of nitrogens with zero attached hydrogens (tertiary/aromatic N) is 4. The van der Waals surface area contributed by atoms with E-state index in [2.05, 4.69) is 4.98 Å². The number of non-ortho nitro benzene ring substituents is 1. The standard InChI is InChI=1S/C15H8N4O4/c20-14-12-13(17-7-2-1-6-11(17)16-12)15(21)18(14)9-4-3-5-10(8-9)19(22)23/h1-8H. The molecule has 1 aromatic carbocycles. The summed E-state index contributed by atoms with van der Waals surface area (Å²) in [6.07, 6.45) is 1.64. The highest BCUT2D eigenvalue weighted by atomic mass is 16.6. The first-order chi connectivity index (χ1) is 11.1. The van der Waals surface area contributed by atoms with Crippen LogP contribution in [0.3, 0.4) is 0 Å². The number of nitro groups is 1. The van der Waals surface area contributed by atoms with Gasteiger partial charge in [-0.2, -0.15) is 0 Å². The SMILES string of the molecule is O=C1c2nc3ccccn3c2C(=O)N1c1cccc([N+](=O)[O-])c1. The fraction of sp³-hybridized carbons (Fsp3) is 0. The Hall–Kier alpha value is -3.55. The summed E-state index contributed by atoms with van der Waals surface area (Å²) in [6, 6.07) is 10.6. The van der Waals surface area contributed by atoms with Crippen LogP contribution < -0.4 is 4.90 Å². The summed E-state index contributed by atoms with van der Waals surface area (Å²) in [5.74, 6) is -1.14. The number of fused-ring (bicyclic) bond motifs is 3. The minimum Gasteiger partial charge on any atom is -0.295 e. The summed E-state index contributed by atoms with van der Waals surface area (Å²) >= 11 is 0. The van der Waals surface area contributed by atoms with Crippen molar-refractivity contribution in [3.63, 3.8) is 0 Å². The van der Waals surface area contributed by atoms with Crippen LogP contribution in [-0.4, -0.2) is 26.1 Å². The minimum absolute atomic E-state index is 0.0488. The molecule has 4 rings (SSSR count). The number of amides is 2. The molecule has 0 fully saturated rings. The number of pyridine rings is 1. The maximum atomic E-state index is 12.6. The molecule has 0 N–H and O–H groups in total. The second-order valence-electron chi connectivity index (χ2n) is 4.96. The first-order valence-corrected chi connectivity index (χ1v) is 6.68. The Morgan fingerprint density at radius 1 is 1.04 bits per heavy atom. The Bertz CT molecular complexity index is 1010. The van der Waals surface area contributed by atoms with Gasteiger partial charge in [0, 0.05) is 18.3 Å². The Balaban J connectivity index is 1.87. The lowest BCUT2D eigenvalue weighted by molar-refractivity contribution is -0.384. The van der Waals surface area contributed by atoms with E-state index in [9.17, 15) is 19.7 Å². The molecule has 0 atom stereocenters. The normalized spacial score (nSPS) is 13.7. The van der Waals surface area contributed by atoms with Crippen LogP contribution in [0, 0.1) is 10.1 Å². The number of anilines is 1. The van der Waals surface area contributed by atoms with Gasteiger partial charge in [-0.05, 0) is 18.2 Å². The molecule has 0 radical (unpaired) electrons. The molecular formula is C15H8N4O4. The maximum absolute atomic E-state index is 12.6. The average molecular weight is 308 g/mol. The predicted molar refractivity (Wildman–Crippen MR) is 79.4 cm³/mol. The number of imide groups is 1. The molecule has 0 bridgehead atoms. The van der Waals surface area contributed by atoms with E-state index in [1.54, 1.807) is 24.4 Å². The van der Waals surface area contributed by atoms with Crippen molar-refractivity contribution in [2.24, 2.45) is 0 Å². The van der Waals surface area contributed by atoms with E-state index in [0.717, 1.165) is 4.90 Å². The number of rotatable bonds is 2. The van der Waals surface area contributed by atoms with E-state index < -0.39 is 16.7 Å². The Morgan fingerprint density at radius 3 is 2.65 bits per heavy atom. The third kappa shape index (κ3) is 1.75. The van der Waals surface area contributed by atoms with Crippen molar-refractivity contribution in [2.45, 2.75) is 0 Å². The Kier molecular flexibility index (Phi) is 2.55. The number of hydrogen-bond acceptors (Lipinski definition) is 5. The number of imidazole rings is 1. The van der Waals surface area contributed by atoms with Crippen LogP contribution in [0.4, 0.5) is 11.4 Å². The summed E-state index contributed by atoms with van der Waals surface area (Å²) in [5.41, 5.74) is 0.666. The fourth-order valence-corrected chi connectivity index (χ4v) is 2.63. The maximum Gasteiger partial charge on any atom is 0.286 e. The van der Waals surface area contributed by atoms with Crippen LogP contribution in [0.5, 0.6) is 0 Å². The van der Waals surface area contributed by atoms with Gasteiger partial charge in [0.15, 0.2) is 5.69 Å². The van der Waals surface area contributed by atoms with Crippen LogP contribution in [-0.2, 0) is 0 Å². The van der Waals surface area contributed by atoms with Gasteiger partial charge in [0.2, 0.25) is 0 Å². The Morgan fingerprint density at radius 2 is 1.87 bits per heavy atom. The Labute approximate surface area is 128 Å². The molecule has 3 heterocycles. The van der Waals surface area contributed by atoms with Crippen LogP contribution in [0.2, 0.25) is 0 Å². The lowest BCUT2D eigenvalue weighted by Crippen LogP contribution is -2.30. The van der Waals surface area contributed by atoms with Gasteiger partial charge in [-0.1, -0.05) is 12.1 Å². The number of aromatic nitrogens is 2. The zero-order chi connectivity index (χ0) is 16.1. The fourth-order valence-electron chi connectivity index (χ4n) is 2.63. The molecule has 2 amide bonds. The van der Waals surface area contributed by atoms with Crippen LogP contribution >= 0.6 is 0 Å². The second kappa shape index (κ2) is 4.47. The number of benzene rings is 1. The first kappa shape index (κ1) is 13.1. The highest BCUT2D eigenvalue weighted by molar-refractivity contribution is 6.33. The second-order valence-corrected chi connectivity index (χ2v) is 4.96. The third-order valence-corrected chi connectivity index (χ3v) is 3.64. The summed E-state index contributed by atoms with van der Waals surface area (Å²) in [6.45, 7) is 0. The first-order valence-electron chi connectivity index (χ1n) is 6.68. The van der Waals surface area contributed by atoms with Crippen LogP contribution in [0.1, 0.15) is 21.0 Å². The highest BCUT2D eigenvalue weighted by Gasteiger charge is 2.41. The van der Waals surface area contributed by atoms with Gasteiger partial charge in [0.25, 0.3) is 17.5 Å². The molecule has 0 saturated carbocycles. The van der Waals surface area contributed by atoms with E-state index in [1.165, 1.54) is 28.7 Å². The molecular weight excluding hydrogens is 300 g/mol. The zero-order valence-electron chi connectivity index (χ0n) is 11.5. The number of carbonyl (C=O) groups excluding carboxylic acids is 2. The molecule has 0 saturated heterocycles. The quantitative estimate of drug-likeness (QED) is 0.410. The van der Waals surface area contributed by atoms with Crippen molar-refractivity contribution in [3.8, 4) is 0 Å². The summed E-state index contributed by atoms with van der Waals surface area (Å²) in [4.78, 5) is 40.5. The van der Waals surface area contributed by atoms with Crippen molar-refractivity contribution in [3.05, 3.63) is 70.2 Å². The van der Waals surface area contributed by atoms with Gasteiger partial charge in [-0.3, -0.25) is 24.1 Å². The average Bonchev–Trinajstić information content (AvgIpc) is 3.04. The van der Waals surface area contributed by atoms with Crippen molar-refractivity contribution in [1.29, 1.82) is 0 Å². The molecule has 8 heteroatoms. The number of carbonyl (C=O) groups is 2. The van der Waals surface area contributed by atoms with Crippen LogP contribution in [0.25, 0.3) is 5.65 Å². The molecule has 112 valence electrons. The largest absolute Gasteiger partial charge is 0.295 e. The van der Waals surface area contributed by atoms with Gasteiger partial charge in [0.1, 0.15) is 11.3 Å². The van der Waals surface area contributed by atoms with E-state index in [4.69, 9.17) is 0 Å². The molecule has 0 spiro atoms. The van der Waals surface area contributed by atoms with E-state index >= 15 is 0 Å². The molecule has 0 unspecified atom stereocenters. The van der Waals surface area contributed by atoms with Crippen LogP contribution in [0.15, 0.2) is 48.7 Å². The number of hydrogen-bond donors (Lipinski definition) is 0. The van der Waals surface area contributed by atoms with Gasteiger partial charge >= 0.3 is 0 Å². The molecule has 23 heavy (non-hydrogen) atoms. The minimum atomic E-state index is -0.589. The van der Waals surface area contributed by atoms with Gasteiger partial charge in [0.05, 0.1) is 10.6 Å². The monoisotopic (exact) mass is 308 g/mol. The summed E-state index contributed by atoms with van der Waals surface area (Å²) in [7, 11) is 0. The molecule has 3 aromatic rings. The van der Waals surface area contributed by atoms with Gasteiger partial charge in [-0.25, -0.2) is 9.88 Å². The molecule has 0 aliphatic carbocycles. The molecule has 1 aliphatic rings. The predicted octanol–water partition coefficient (Wildman–Crippen LogP) is 2.04. The third-order valence-electron chi connectivity index (χ3n) is 3.64. The number of nitro benzene ring substituents is 1. The van der Waals surface area contributed by atoms with Gasteiger partial charge < -0.3 is 0 Å². The van der Waals surface area contributed by atoms with E-state index in [0.29, 0.717) is 5.65 Å². The molecule has 8 nitrogen and oxygen atoms in total. The molecule has 1 aliphatic heterocycles. The van der Waals surface area contributed by atoms with Crippen molar-refractivity contribution >= 4 is 28.8 Å². The van der Waals surface area contributed by atoms with Crippen molar-refractivity contribution in [2.75, 3.05) is 4.90 Å². The lowest BCUT2D eigenvalue weighted by Gasteiger charge is -2.13. The molecule has 2 aromatic heterocycles. The van der Waals surface area contributed by atoms with E-state index in [1.807, 2.05) is 0 Å².